The fourth-order valence-corrected chi connectivity index (χ4v) is 7.26. The van der Waals surface area contributed by atoms with Crippen LogP contribution in [0.2, 0.25) is 10.0 Å². The Morgan fingerprint density at radius 3 is 2.40 bits per heavy atom. The van der Waals surface area contributed by atoms with E-state index in [1.807, 2.05) is 60.1 Å². The number of methoxy groups -OCH3 is 1. The van der Waals surface area contributed by atoms with Crippen molar-refractivity contribution in [2.75, 3.05) is 30.8 Å². The molecule has 0 saturated carbocycles. The summed E-state index contributed by atoms with van der Waals surface area (Å²) in [4.78, 5) is 41.5. The SMILES string of the molecule is COC(=O)C1CCN([C@@H]2CCCn3nc(C(=O)Nc4cccc(-c5cccc(Nc6nc(C)nc7cccnc67)c5Cl)c4Cl)cc32)CC1. The molecule has 1 fully saturated rings. The second-order valence-corrected chi connectivity index (χ2v) is 12.8. The van der Waals surface area contributed by atoms with Gasteiger partial charge < -0.3 is 15.4 Å². The molecule has 0 radical (unpaired) electrons. The Kier molecular flexibility index (Phi) is 9.00. The van der Waals surface area contributed by atoms with Crippen molar-refractivity contribution in [3.63, 3.8) is 0 Å². The first-order valence-electron chi connectivity index (χ1n) is 16.0. The van der Waals surface area contributed by atoms with Crippen molar-refractivity contribution >= 4 is 63.3 Å². The van der Waals surface area contributed by atoms with E-state index in [9.17, 15) is 9.59 Å². The number of piperidine rings is 1. The summed E-state index contributed by atoms with van der Waals surface area (Å²) >= 11 is 13.9. The summed E-state index contributed by atoms with van der Waals surface area (Å²) in [5.41, 5.74) is 5.10. The molecule has 48 heavy (non-hydrogen) atoms. The van der Waals surface area contributed by atoms with Crippen LogP contribution in [0.4, 0.5) is 17.2 Å². The molecule has 0 bridgehead atoms. The van der Waals surface area contributed by atoms with E-state index in [4.69, 9.17) is 27.9 Å². The van der Waals surface area contributed by atoms with Crippen LogP contribution in [-0.2, 0) is 16.1 Å². The number of aromatic nitrogens is 5. The molecule has 7 rings (SSSR count). The Morgan fingerprint density at radius 1 is 0.917 bits per heavy atom. The quantitative estimate of drug-likeness (QED) is 0.171. The first kappa shape index (κ1) is 32.0. The number of hydrogen-bond donors (Lipinski definition) is 2. The third kappa shape index (κ3) is 6.21. The van der Waals surface area contributed by atoms with Crippen LogP contribution >= 0.6 is 23.2 Å². The summed E-state index contributed by atoms with van der Waals surface area (Å²) in [6.45, 7) is 4.16. The number of esters is 1. The molecule has 2 aromatic carbocycles. The minimum atomic E-state index is -0.348. The number of rotatable bonds is 7. The average Bonchev–Trinajstić information content (AvgIpc) is 3.55. The van der Waals surface area contributed by atoms with Gasteiger partial charge in [0.05, 0.1) is 51.7 Å². The molecule has 0 unspecified atom stereocenters. The molecule has 11 nitrogen and oxygen atoms in total. The molecule has 5 aromatic rings. The molecule has 5 heterocycles. The van der Waals surface area contributed by atoms with Crippen molar-refractivity contribution < 1.29 is 14.3 Å². The van der Waals surface area contributed by atoms with E-state index in [2.05, 4.69) is 35.6 Å². The second-order valence-electron chi connectivity index (χ2n) is 12.1. The minimum Gasteiger partial charge on any atom is -0.469 e. The number of benzene rings is 2. The van der Waals surface area contributed by atoms with Crippen molar-refractivity contribution in [3.05, 3.63) is 88.1 Å². The lowest BCUT2D eigenvalue weighted by atomic mass is 9.93. The van der Waals surface area contributed by atoms with Crippen LogP contribution in [0, 0.1) is 12.8 Å². The molecule has 246 valence electrons. The van der Waals surface area contributed by atoms with Crippen LogP contribution in [0.5, 0.6) is 0 Å². The van der Waals surface area contributed by atoms with Gasteiger partial charge in [-0.1, -0.05) is 47.5 Å². The smallest absolute Gasteiger partial charge is 0.308 e. The van der Waals surface area contributed by atoms with Crippen molar-refractivity contribution in [3.8, 4) is 11.1 Å². The van der Waals surface area contributed by atoms with Crippen LogP contribution in [0.1, 0.15) is 53.7 Å². The van der Waals surface area contributed by atoms with E-state index in [-0.39, 0.29) is 23.8 Å². The number of carbonyl (C=O) groups is 2. The Labute approximate surface area is 287 Å². The Balaban J connectivity index is 1.10. The van der Waals surface area contributed by atoms with Gasteiger partial charge in [-0.25, -0.2) is 9.97 Å². The maximum Gasteiger partial charge on any atom is 0.308 e. The number of pyridine rings is 1. The first-order valence-corrected chi connectivity index (χ1v) is 16.7. The largest absolute Gasteiger partial charge is 0.469 e. The van der Waals surface area contributed by atoms with Gasteiger partial charge in [0.1, 0.15) is 11.3 Å². The highest BCUT2D eigenvalue weighted by Gasteiger charge is 2.33. The van der Waals surface area contributed by atoms with E-state index >= 15 is 0 Å². The van der Waals surface area contributed by atoms with Crippen molar-refractivity contribution in [2.45, 2.75) is 45.2 Å². The Hall–Kier alpha value is -4.58. The number of nitrogens with zero attached hydrogens (tertiary/aromatic N) is 6. The zero-order chi connectivity index (χ0) is 33.4. The zero-order valence-electron chi connectivity index (χ0n) is 26.5. The summed E-state index contributed by atoms with van der Waals surface area (Å²) in [6.07, 6.45) is 5.15. The standard InChI is InChI=1S/C35H34Cl2N8O3/c1-20-39-26-11-5-15-38-32(26)33(40-20)41-24-9-3-7-22(30(24)36)23-8-4-10-25(31(23)37)42-34(46)27-19-29-28(12-6-16-45(29)43-27)44-17-13-21(14-18-44)35(47)48-2/h3-5,7-11,15,19,21,28H,6,12-14,16-18H2,1-2H3,(H,42,46)(H,39,40,41)/t28-/m1/s1. The lowest BCUT2D eigenvalue weighted by Crippen LogP contribution is -2.40. The number of anilines is 3. The highest BCUT2D eigenvalue weighted by atomic mass is 35.5. The molecule has 2 N–H and O–H groups in total. The van der Waals surface area contributed by atoms with E-state index in [0.29, 0.717) is 55.4 Å². The molecule has 1 saturated heterocycles. The maximum absolute atomic E-state index is 13.6. The number of nitrogens with one attached hydrogen (secondary N) is 2. The molecule has 0 spiro atoms. The lowest BCUT2D eigenvalue weighted by Gasteiger charge is -2.38. The fourth-order valence-electron chi connectivity index (χ4n) is 6.71. The monoisotopic (exact) mass is 684 g/mol. The van der Waals surface area contributed by atoms with Gasteiger partial charge in [0.25, 0.3) is 5.91 Å². The van der Waals surface area contributed by atoms with Crippen molar-refractivity contribution in [2.24, 2.45) is 5.92 Å². The van der Waals surface area contributed by atoms with Crippen LogP contribution in [0.3, 0.4) is 0 Å². The van der Waals surface area contributed by atoms with Gasteiger partial charge in [-0.15, -0.1) is 0 Å². The van der Waals surface area contributed by atoms with Gasteiger partial charge in [-0.3, -0.25) is 24.2 Å². The number of halogens is 2. The number of fused-ring (bicyclic) bond motifs is 2. The maximum atomic E-state index is 13.6. The van der Waals surface area contributed by atoms with Gasteiger partial charge in [0.2, 0.25) is 0 Å². The van der Waals surface area contributed by atoms with Crippen LogP contribution in [0.25, 0.3) is 22.2 Å². The van der Waals surface area contributed by atoms with Gasteiger partial charge in [0, 0.05) is 23.9 Å². The lowest BCUT2D eigenvalue weighted by molar-refractivity contribution is -0.147. The van der Waals surface area contributed by atoms with Gasteiger partial charge in [0.15, 0.2) is 11.5 Å². The minimum absolute atomic E-state index is 0.0597. The van der Waals surface area contributed by atoms with Crippen molar-refractivity contribution in [1.82, 2.24) is 29.6 Å². The summed E-state index contributed by atoms with van der Waals surface area (Å²) in [7, 11) is 1.44. The number of hydrogen-bond acceptors (Lipinski definition) is 9. The number of amides is 1. The summed E-state index contributed by atoms with van der Waals surface area (Å²) in [6, 6.07) is 16.8. The van der Waals surface area contributed by atoms with Crippen LogP contribution in [-0.4, -0.2) is 61.7 Å². The topological polar surface area (TPSA) is 127 Å². The van der Waals surface area contributed by atoms with Gasteiger partial charge in [-0.2, -0.15) is 5.10 Å². The number of ether oxygens (including phenoxy) is 1. The molecule has 2 aliphatic heterocycles. The van der Waals surface area contributed by atoms with Crippen LogP contribution < -0.4 is 10.6 Å². The predicted octanol–water partition coefficient (Wildman–Crippen LogP) is 7.22. The summed E-state index contributed by atoms with van der Waals surface area (Å²) in [5.74, 6) is 0.598. The summed E-state index contributed by atoms with van der Waals surface area (Å²) in [5, 5.41) is 11.7. The zero-order valence-corrected chi connectivity index (χ0v) is 28.1. The first-order chi connectivity index (χ1) is 23.3. The van der Waals surface area contributed by atoms with Crippen molar-refractivity contribution in [1.29, 1.82) is 0 Å². The molecule has 13 heteroatoms. The normalized spacial score (nSPS) is 16.8. The van der Waals surface area contributed by atoms with Crippen LogP contribution in [0.15, 0.2) is 60.8 Å². The molecule has 1 amide bonds. The summed E-state index contributed by atoms with van der Waals surface area (Å²) < 4.78 is 6.89. The third-order valence-corrected chi connectivity index (χ3v) is 9.91. The molecule has 1 atom stereocenters. The highest BCUT2D eigenvalue weighted by molar-refractivity contribution is 6.39. The fraction of sp³-hybridized carbons (Fsp3) is 0.314. The predicted molar refractivity (Wildman–Crippen MR) is 186 cm³/mol. The van der Waals surface area contributed by atoms with E-state index < -0.39 is 0 Å². The molecular weight excluding hydrogens is 651 g/mol. The number of aryl methyl sites for hydroxylation is 2. The van der Waals surface area contributed by atoms with E-state index in [1.54, 1.807) is 12.3 Å². The number of carbonyl (C=O) groups excluding carboxylic acids is 2. The van der Waals surface area contributed by atoms with Gasteiger partial charge >= 0.3 is 5.97 Å². The number of likely N-dealkylation sites (tertiary alicyclic amines) is 1. The Bertz CT molecular complexity index is 2020. The average molecular weight is 686 g/mol. The molecule has 3 aromatic heterocycles. The molecule has 0 aliphatic carbocycles. The highest BCUT2D eigenvalue weighted by Crippen LogP contribution is 2.41. The molecule has 2 aliphatic rings. The molecular formula is C35H34Cl2N8O3. The third-order valence-electron chi connectivity index (χ3n) is 9.09. The Morgan fingerprint density at radius 2 is 1.65 bits per heavy atom. The van der Waals surface area contributed by atoms with E-state index in [1.165, 1.54) is 7.11 Å². The van der Waals surface area contributed by atoms with E-state index in [0.717, 1.165) is 56.5 Å². The van der Waals surface area contributed by atoms with Gasteiger partial charge in [-0.05, 0) is 76.0 Å². The second kappa shape index (κ2) is 13.5.